The van der Waals surface area contributed by atoms with Gasteiger partial charge in [0.1, 0.15) is 0 Å². The minimum atomic E-state index is -0.409. The molecule has 0 radical (unpaired) electrons. The highest BCUT2D eigenvalue weighted by atomic mass is 15.1. The summed E-state index contributed by atoms with van der Waals surface area (Å²) in [5.41, 5.74) is 19.1. The van der Waals surface area contributed by atoms with Crippen molar-refractivity contribution in [1.82, 2.24) is 0 Å². The normalized spacial score (nSPS) is 13.9. The van der Waals surface area contributed by atoms with Crippen LogP contribution >= 0.6 is 0 Å². The molecule has 0 spiro atoms. The van der Waals surface area contributed by atoms with Gasteiger partial charge in [0.15, 0.2) is 0 Å². The second-order valence-electron chi connectivity index (χ2n) is 18.5. The van der Waals surface area contributed by atoms with Crippen LogP contribution in [-0.4, -0.2) is 0 Å². The molecule has 69 heavy (non-hydrogen) atoms. The summed E-state index contributed by atoms with van der Waals surface area (Å²) >= 11 is 0. The second-order valence-corrected chi connectivity index (χ2v) is 18.5. The lowest BCUT2D eigenvalue weighted by Gasteiger charge is -2.35. The number of nitrogens with zero attached hydrogens (tertiary/aromatic N) is 1. The van der Waals surface area contributed by atoms with E-state index in [1.807, 2.05) is 0 Å². The van der Waals surface area contributed by atoms with E-state index in [1.54, 1.807) is 0 Å². The average molecular weight is 878 g/mol. The number of anilines is 3. The molecule has 0 heterocycles. The van der Waals surface area contributed by atoms with Crippen LogP contribution in [0.1, 0.15) is 23.6 Å². The highest BCUT2D eigenvalue weighted by Gasteiger charge is 2.43. The molecule has 12 aromatic carbocycles. The zero-order chi connectivity index (χ0) is 45.9. The third-order valence-corrected chi connectivity index (χ3v) is 14.7. The van der Waals surface area contributed by atoms with Gasteiger partial charge in [-0.15, -0.1) is 0 Å². The van der Waals surface area contributed by atoms with E-state index in [0.717, 1.165) is 22.6 Å². The second kappa shape index (κ2) is 16.5. The van der Waals surface area contributed by atoms with Crippen molar-refractivity contribution in [1.29, 1.82) is 0 Å². The Kier molecular flexibility index (Phi) is 9.70. The number of benzene rings is 12. The van der Waals surface area contributed by atoms with E-state index in [0.29, 0.717) is 0 Å². The molecular weight excluding hydrogens is 831 g/mol. The van der Waals surface area contributed by atoms with E-state index >= 15 is 0 Å². The molecule has 1 heteroatoms. The zero-order valence-corrected chi connectivity index (χ0v) is 38.4. The van der Waals surface area contributed by atoms with Crippen LogP contribution in [-0.2, 0) is 5.41 Å². The van der Waals surface area contributed by atoms with E-state index in [9.17, 15) is 0 Å². The lowest BCUT2D eigenvalue weighted by atomic mass is 9.73. The molecule has 1 aliphatic rings. The molecule has 0 aliphatic heterocycles. The standard InChI is InChI=1S/C68H47N/c1-68(52-27-9-4-10-28-52)63-36-16-15-32-59(63)61-35-19-37-64(67(61)68)69(53-41-38-47(39-42-53)56-34-18-25-46-20-11-12-30-55(46)56)54-29-17-26-50(44-54)51-40-43-58-57-31-13-14-33-60(57)65(48-21-5-2-6-22-48)66(62(58)45-51)49-23-7-3-8-24-49/h2-45H,1H3. The highest BCUT2D eigenvalue weighted by molar-refractivity contribution is 6.22. The minimum Gasteiger partial charge on any atom is -0.310 e. The Morgan fingerprint density at radius 3 is 1.59 bits per heavy atom. The van der Waals surface area contributed by atoms with Crippen LogP contribution in [0.2, 0.25) is 0 Å². The molecule has 0 aromatic heterocycles. The molecule has 1 unspecified atom stereocenters. The van der Waals surface area contributed by atoms with Crippen molar-refractivity contribution in [2.24, 2.45) is 0 Å². The highest BCUT2D eigenvalue weighted by Crippen LogP contribution is 2.57. The maximum absolute atomic E-state index is 2.50. The van der Waals surface area contributed by atoms with Gasteiger partial charge in [-0.05, 0) is 148 Å². The van der Waals surface area contributed by atoms with Crippen molar-refractivity contribution in [3.63, 3.8) is 0 Å². The molecule has 0 amide bonds. The van der Waals surface area contributed by atoms with E-state index in [2.05, 4.69) is 279 Å². The van der Waals surface area contributed by atoms with Crippen LogP contribution in [0.25, 0.3) is 88.0 Å². The van der Waals surface area contributed by atoms with E-state index in [4.69, 9.17) is 0 Å². The van der Waals surface area contributed by atoms with Gasteiger partial charge in [-0.25, -0.2) is 0 Å². The first kappa shape index (κ1) is 40.5. The van der Waals surface area contributed by atoms with Crippen LogP contribution in [0.4, 0.5) is 17.1 Å². The summed E-state index contributed by atoms with van der Waals surface area (Å²) in [6.45, 7) is 2.42. The number of fused-ring (bicyclic) bond motifs is 7. The summed E-state index contributed by atoms with van der Waals surface area (Å²) in [5, 5.41) is 7.49. The van der Waals surface area contributed by atoms with Gasteiger partial charge in [0.25, 0.3) is 0 Å². The average Bonchev–Trinajstić information content (AvgIpc) is 3.70. The fraction of sp³-hybridized carbons (Fsp3) is 0.0294. The molecule has 13 rings (SSSR count). The van der Waals surface area contributed by atoms with Gasteiger partial charge in [0, 0.05) is 16.8 Å². The molecule has 0 N–H and O–H groups in total. The summed E-state index contributed by atoms with van der Waals surface area (Å²) in [4.78, 5) is 2.50. The Morgan fingerprint density at radius 1 is 0.304 bits per heavy atom. The number of rotatable bonds is 8. The first-order valence-corrected chi connectivity index (χ1v) is 24.0. The summed E-state index contributed by atoms with van der Waals surface area (Å²) in [5.74, 6) is 0. The fourth-order valence-electron chi connectivity index (χ4n) is 11.5. The fourth-order valence-corrected chi connectivity index (χ4v) is 11.5. The van der Waals surface area contributed by atoms with Crippen LogP contribution in [0.5, 0.6) is 0 Å². The summed E-state index contributed by atoms with van der Waals surface area (Å²) < 4.78 is 0. The lowest BCUT2D eigenvalue weighted by Crippen LogP contribution is -2.25. The molecule has 0 fully saturated rings. The Morgan fingerprint density at radius 2 is 0.826 bits per heavy atom. The van der Waals surface area contributed by atoms with Crippen molar-refractivity contribution in [3.8, 4) is 55.6 Å². The molecule has 1 aliphatic carbocycles. The Bertz CT molecular complexity index is 3890. The SMILES string of the molecule is CC1(c2ccccc2)c2ccccc2-c2cccc(N(c3ccc(-c4cccc5ccccc45)cc3)c3cccc(-c4ccc5c(c4)c(-c4ccccc4)c(-c4ccccc4)c4ccccc45)c3)c21. The first-order valence-electron chi connectivity index (χ1n) is 24.0. The zero-order valence-electron chi connectivity index (χ0n) is 38.4. The molecule has 1 nitrogen and oxygen atoms in total. The predicted octanol–water partition coefficient (Wildman–Crippen LogP) is 18.6. The molecule has 0 saturated carbocycles. The van der Waals surface area contributed by atoms with E-state index < -0.39 is 5.41 Å². The molecule has 1 atom stereocenters. The first-order chi connectivity index (χ1) is 34.1. The minimum absolute atomic E-state index is 0.409. The monoisotopic (exact) mass is 877 g/mol. The molecule has 324 valence electrons. The number of hydrogen-bond donors (Lipinski definition) is 0. The molecule has 0 bridgehead atoms. The van der Waals surface area contributed by atoms with Crippen molar-refractivity contribution < 1.29 is 0 Å². The topological polar surface area (TPSA) is 3.24 Å². The smallest absolute Gasteiger partial charge is 0.0512 e. The van der Waals surface area contributed by atoms with Crippen molar-refractivity contribution in [2.75, 3.05) is 4.90 Å². The summed E-state index contributed by atoms with van der Waals surface area (Å²) in [7, 11) is 0. The lowest BCUT2D eigenvalue weighted by molar-refractivity contribution is 0.714. The van der Waals surface area contributed by atoms with Gasteiger partial charge in [0.05, 0.1) is 5.69 Å². The van der Waals surface area contributed by atoms with Crippen LogP contribution < -0.4 is 4.90 Å². The van der Waals surface area contributed by atoms with Gasteiger partial charge >= 0.3 is 0 Å². The van der Waals surface area contributed by atoms with E-state index in [-0.39, 0.29) is 0 Å². The van der Waals surface area contributed by atoms with Gasteiger partial charge < -0.3 is 4.90 Å². The summed E-state index contributed by atoms with van der Waals surface area (Å²) in [6, 6.07) is 98.4. The molecule has 0 saturated heterocycles. The van der Waals surface area contributed by atoms with Crippen LogP contribution in [0, 0.1) is 0 Å². The van der Waals surface area contributed by atoms with Gasteiger partial charge in [-0.1, -0.05) is 231 Å². The summed E-state index contributed by atoms with van der Waals surface area (Å²) in [6.07, 6.45) is 0. The Labute approximate surface area is 403 Å². The molecular formula is C68H47N. The third-order valence-electron chi connectivity index (χ3n) is 14.7. The van der Waals surface area contributed by atoms with Gasteiger partial charge in [-0.3, -0.25) is 0 Å². The molecule has 12 aromatic rings. The maximum Gasteiger partial charge on any atom is 0.0512 e. The van der Waals surface area contributed by atoms with Gasteiger partial charge in [-0.2, -0.15) is 0 Å². The largest absolute Gasteiger partial charge is 0.310 e. The van der Waals surface area contributed by atoms with Gasteiger partial charge in [0.2, 0.25) is 0 Å². The van der Waals surface area contributed by atoms with Crippen molar-refractivity contribution >= 4 is 49.4 Å². The predicted molar refractivity (Wildman–Crippen MR) is 293 cm³/mol. The van der Waals surface area contributed by atoms with E-state index in [1.165, 1.54) is 99.1 Å². The maximum atomic E-state index is 2.50. The van der Waals surface area contributed by atoms with Crippen LogP contribution in [0.3, 0.4) is 0 Å². The Balaban J connectivity index is 1.03. The number of hydrogen-bond acceptors (Lipinski definition) is 1. The van der Waals surface area contributed by atoms with Crippen molar-refractivity contribution in [3.05, 3.63) is 284 Å². The van der Waals surface area contributed by atoms with Crippen LogP contribution in [0.15, 0.2) is 267 Å². The quantitative estimate of drug-likeness (QED) is 0.138. The Hall–Kier alpha value is -8.78. The van der Waals surface area contributed by atoms with Crippen molar-refractivity contribution in [2.45, 2.75) is 12.3 Å². The third kappa shape index (κ3) is 6.61.